The smallest absolute Gasteiger partial charge is 0.210 e. The SMILES string of the molecule is O=S(=O)(NCCc1ccc(Cl)s1)c1ccc(Br)s1. The Bertz CT molecular complexity index is 635. The first-order valence-corrected chi connectivity index (χ1v) is 9.25. The molecule has 0 spiro atoms. The van der Waals surface area contributed by atoms with E-state index in [1.165, 1.54) is 22.7 Å². The monoisotopic (exact) mass is 385 g/mol. The molecule has 1 N–H and O–H groups in total. The summed E-state index contributed by atoms with van der Waals surface area (Å²) >= 11 is 11.7. The third kappa shape index (κ3) is 3.79. The first-order valence-electron chi connectivity index (χ1n) is 4.96. The van der Waals surface area contributed by atoms with E-state index in [-0.39, 0.29) is 0 Å². The van der Waals surface area contributed by atoms with E-state index in [0.29, 0.717) is 17.2 Å². The molecule has 0 unspecified atom stereocenters. The molecule has 0 saturated heterocycles. The molecule has 8 heteroatoms. The molecule has 0 aliphatic rings. The fourth-order valence-electron chi connectivity index (χ4n) is 1.31. The van der Waals surface area contributed by atoms with Crippen LogP contribution in [0.5, 0.6) is 0 Å². The van der Waals surface area contributed by atoms with Crippen molar-refractivity contribution >= 4 is 60.2 Å². The van der Waals surface area contributed by atoms with E-state index < -0.39 is 10.0 Å². The highest BCUT2D eigenvalue weighted by atomic mass is 79.9. The number of sulfonamides is 1. The molecule has 2 rings (SSSR count). The van der Waals surface area contributed by atoms with Crippen LogP contribution in [0, 0.1) is 0 Å². The summed E-state index contributed by atoms with van der Waals surface area (Å²) < 4.78 is 28.2. The van der Waals surface area contributed by atoms with Crippen LogP contribution in [0.2, 0.25) is 4.34 Å². The van der Waals surface area contributed by atoms with Crippen molar-refractivity contribution in [2.45, 2.75) is 10.6 Å². The van der Waals surface area contributed by atoms with Crippen molar-refractivity contribution in [3.05, 3.63) is 37.3 Å². The predicted molar refractivity (Wildman–Crippen MR) is 80.2 cm³/mol. The van der Waals surface area contributed by atoms with Crippen molar-refractivity contribution in [2.75, 3.05) is 6.54 Å². The normalized spacial score (nSPS) is 11.9. The average Bonchev–Trinajstić information content (AvgIpc) is 2.88. The molecule has 98 valence electrons. The highest BCUT2D eigenvalue weighted by Gasteiger charge is 2.15. The Morgan fingerprint density at radius 1 is 1.22 bits per heavy atom. The van der Waals surface area contributed by atoms with Gasteiger partial charge in [-0.3, -0.25) is 0 Å². The van der Waals surface area contributed by atoms with E-state index in [9.17, 15) is 8.42 Å². The maximum atomic E-state index is 11.9. The highest BCUT2D eigenvalue weighted by Crippen LogP contribution is 2.26. The minimum Gasteiger partial charge on any atom is -0.210 e. The standard InChI is InChI=1S/C10H9BrClNO2S3/c11-8-2-4-10(17-8)18(14,15)13-6-5-7-1-3-9(12)16-7/h1-4,13H,5-6H2. The van der Waals surface area contributed by atoms with Crippen LogP contribution >= 0.6 is 50.2 Å². The predicted octanol–water partition coefficient (Wildman–Crippen LogP) is 3.75. The number of thiophene rings is 2. The lowest BCUT2D eigenvalue weighted by Crippen LogP contribution is -2.25. The molecule has 0 aliphatic carbocycles. The van der Waals surface area contributed by atoms with Gasteiger partial charge in [-0.15, -0.1) is 22.7 Å². The van der Waals surface area contributed by atoms with Crippen molar-refractivity contribution in [3.63, 3.8) is 0 Å². The Kier molecular flexibility index (Phi) is 4.85. The van der Waals surface area contributed by atoms with E-state index in [2.05, 4.69) is 20.7 Å². The van der Waals surface area contributed by atoms with E-state index in [1.807, 2.05) is 12.1 Å². The fourth-order valence-corrected chi connectivity index (χ4v) is 5.48. The summed E-state index contributed by atoms with van der Waals surface area (Å²) in [5.74, 6) is 0. The molecule has 0 bridgehead atoms. The van der Waals surface area contributed by atoms with Crippen LogP contribution in [0.3, 0.4) is 0 Å². The number of nitrogens with one attached hydrogen (secondary N) is 1. The topological polar surface area (TPSA) is 46.2 Å². The molecular formula is C10H9BrClNO2S3. The second kappa shape index (κ2) is 6.02. The molecule has 2 aromatic rings. The summed E-state index contributed by atoms with van der Waals surface area (Å²) in [5, 5.41) is 0. The van der Waals surface area contributed by atoms with Crippen molar-refractivity contribution in [3.8, 4) is 0 Å². The van der Waals surface area contributed by atoms with Gasteiger partial charge in [-0.25, -0.2) is 13.1 Å². The quantitative estimate of drug-likeness (QED) is 0.850. The third-order valence-electron chi connectivity index (χ3n) is 2.11. The van der Waals surface area contributed by atoms with Crippen molar-refractivity contribution in [1.29, 1.82) is 0 Å². The molecule has 0 amide bonds. The van der Waals surface area contributed by atoms with Crippen LogP contribution < -0.4 is 4.72 Å². The zero-order chi connectivity index (χ0) is 13.2. The van der Waals surface area contributed by atoms with Crippen LogP contribution in [0.1, 0.15) is 4.88 Å². The number of hydrogen-bond acceptors (Lipinski definition) is 4. The molecule has 0 aliphatic heterocycles. The van der Waals surface area contributed by atoms with Gasteiger partial charge < -0.3 is 0 Å². The van der Waals surface area contributed by atoms with Gasteiger partial charge in [0.1, 0.15) is 4.21 Å². The Balaban J connectivity index is 1.93. The average molecular weight is 387 g/mol. The van der Waals surface area contributed by atoms with Crippen LogP contribution in [0.25, 0.3) is 0 Å². The van der Waals surface area contributed by atoms with Gasteiger partial charge >= 0.3 is 0 Å². The zero-order valence-corrected chi connectivity index (χ0v) is 13.8. The summed E-state index contributed by atoms with van der Waals surface area (Å²) in [7, 11) is -3.39. The third-order valence-corrected chi connectivity index (χ3v) is 6.97. The molecule has 18 heavy (non-hydrogen) atoms. The van der Waals surface area contributed by atoms with Gasteiger partial charge in [0.05, 0.1) is 8.12 Å². The van der Waals surface area contributed by atoms with Crippen LogP contribution in [-0.4, -0.2) is 15.0 Å². The van der Waals surface area contributed by atoms with Crippen LogP contribution in [0.15, 0.2) is 32.3 Å². The van der Waals surface area contributed by atoms with Crippen LogP contribution in [0.4, 0.5) is 0 Å². The molecule has 0 aromatic carbocycles. The Morgan fingerprint density at radius 3 is 2.56 bits per heavy atom. The van der Waals surface area contributed by atoms with Crippen molar-refractivity contribution < 1.29 is 8.42 Å². The molecular weight excluding hydrogens is 378 g/mol. The Morgan fingerprint density at radius 2 is 2.00 bits per heavy atom. The number of halogens is 2. The lowest BCUT2D eigenvalue weighted by molar-refractivity contribution is 0.584. The number of hydrogen-bond donors (Lipinski definition) is 1. The Hall–Kier alpha value is 0.0800. The summed E-state index contributed by atoms with van der Waals surface area (Å²) in [5.41, 5.74) is 0. The second-order valence-corrected chi connectivity index (χ2v) is 9.67. The van der Waals surface area contributed by atoms with Crippen molar-refractivity contribution in [1.82, 2.24) is 4.72 Å². The van der Waals surface area contributed by atoms with E-state index in [4.69, 9.17) is 11.6 Å². The van der Waals surface area contributed by atoms with Gasteiger partial charge in [0.25, 0.3) is 0 Å². The van der Waals surface area contributed by atoms with Crippen molar-refractivity contribution in [2.24, 2.45) is 0 Å². The molecule has 2 heterocycles. The molecule has 0 saturated carbocycles. The first kappa shape index (κ1) is 14.5. The molecule has 0 radical (unpaired) electrons. The second-order valence-electron chi connectivity index (χ2n) is 3.41. The minimum atomic E-state index is -3.39. The summed E-state index contributed by atoms with van der Waals surface area (Å²) in [4.78, 5) is 1.06. The Labute approximate surface area is 127 Å². The molecule has 0 fully saturated rings. The largest absolute Gasteiger partial charge is 0.250 e. The zero-order valence-electron chi connectivity index (χ0n) is 9.02. The molecule has 0 atom stereocenters. The van der Waals surface area contributed by atoms with Gasteiger partial charge in [0.15, 0.2) is 0 Å². The summed E-state index contributed by atoms with van der Waals surface area (Å²) in [6.45, 7) is 0.370. The van der Waals surface area contributed by atoms with Gasteiger partial charge in [0, 0.05) is 11.4 Å². The molecule has 2 aromatic heterocycles. The molecule has 3 nitrogen and oxygen atoms in total. The lowest BCUT2D eigenvalue weighted by atomic mass is 10.3. The summed E-state index contributed by atoms with van der Waals surface area (Å²) in [6, 6.07) is 7.02. The van der Waals surface area contributed by atoms with Crippen LogP contribution in [-0.2, 0) is 16.4 Å². The summed E-state index contributed by atoms with van der Waals surface area (Å²) in [6.07, 6.45) is 0.642. The van der Waals surface area contributed by atoms with E-state index in [1.54, 1.807) is 12.1 Å². The minimum absolute atomic E-state index is 0.318. The first-order chi connectivity index (χ1) is 8.47. The maximum absolute atomic E-state index is 11.9. The van der Waals surface area contributed by atoms with Gasteiger partial charge in [-0.2, -0.15) is 0 Å². The number of rotatable bonds is 5. The van der Waals surface area contributed by atoms with Gasteiger partial charge in [-0.05, 0) is 46.6 Å². The van der Waals surface area contributed by atoms with E-state index >= 15 is 0 Å². The van der Waals surface area contributed by atoms with E-state index in [0.717, 1.165) is 13.0 Å². The van der Waals surface area contributed by atoms with Gasteiger partial charge in [0.2, 0.25) is 10.0 Å². The van der Waals surface area contributed by atoms with Gasteiger partial charge in [-0.1, -0.05) is 11.6 Å². The maximum Gasteiger partial charge on any atom is 0.250 e. The highest BCUT2D eigenvalue weighted by molar-refractivity contribution is 9.11. The lowest BCUT2D eigenvalue weighted by Gasteiger charge is -2.03. The fraction of sp³-hybridized carbons (Fsp3) is 0.200.